The standard InChI is InChI=1S/C17H25ClN2O2/c1-12(2)9-16(14-3-5-15(18)6-4-14)19-17(22)20-8-7-13(10-20)11-21/h3-6,12-13,16,21H,7-11H2,1-2H3,(H,19,22). The van der Waals surface area contributed by atoms with Gasteiger partial charge in [-0.05, 0) is 36.5 Å². The summed E-state index contributed by atoms with van der Waals surface area (Å²) in [6.07, 6.45) is 1.75. The number of benzene rings is 1. The maximum Gasteiger partial charge on any atom is 0.317 e. The van der Waals surface area contributed by atoms with Gasteiger partial charge in [-0.2, -0.15) is 0 Å². The highest BCUT2D eigenvalue weighted by molar-refractivity contribution is 6.30. The molecule has 1 heterocycles. The second kappa shape index (κ2) is 7.84. The lowest BCUT2D eigenvalue weighted by molar-refractivity contribution is 0.193. The van der Waals surface area contributed by atoms with Crippen LogP contribution in [0.25, 0.3) is 0 Å². The largest absolute Gasteiger partial charge is 0.396 e. The summed E-state index contributed by atoms with van der Waals surface area (Å²) in [4.78, 5) is 14.2. The number of carbonyl (C=O) groups excluding carboxylic acids is 1. The lowest BCUT2D eigenvalue weighted by atomic mass is 9.97. The fraction of sp³-hybridized carbons (Fsp3) is 0.588. The number of urea groups is 1. The van der Waals surface area contributed by atoms with Gasteiger partial charge in [0.15, 0.2) is 0 Å². The van der Waals surface area contributed by atoms with E-state index in [1.54, 1.807) is 4.90 Å². The van der Waals surface area contributed by atoms with E-state index in [9.17, 15) is 9.90 Å². The summed E-state index contributed by atoms with van der Waals surface area (Å²) in [5.74, 6) is 0.689. The summed E-state index contributed by atoms with van der Waals surface area (Å²) in [5, 5.41) is 13.0. The smallest absolute Gasteiger partial charge is 0.317 e. The minimum Gasteiger partial charge on any atom is -0.396 e. The molecule has 2 unspecified atom stereocenters. The van der Waals surface area contributed by atoms with Crippen molar-refractivity contribution in [1.82, 2.24) is 10.2 Å². The van der Waals surface area contributed by atoms with Crippen LogP contribution in [0.1, 0.15) is 38.3 Å². The summed E-state index contributed by atoms with van der Waals surface area (Å²) in [7, 11) is 0. The fourth-order valence-electron chi connectivity index (χ4n) is 2.85. The minimum atomic E-state index is -0.0449. The van der Waals surface area contributed by atoms with Crippen molar-refractivity contribution < 1.29 is 9.90 Å². The number of nitrogens with one attached hydrogen (secondary N) is 1. The Morgan fingerprint density at radius 3 is 2.64 bits per heavy atom. The Balaban J connectivity index is 2.03. The minimum absolute atomic E-state index is 0.0158. The molecule has 22 heavy (non-hydrogen) atoms. The molecule has 1 aromatic carbocycles. The van der Waals surface area contributed by atoms with Crippen molar-refractivity contribution in [3.63, 3.8) is 0 Å². The molecular weight excluding hydrogens is 300 g/mol. The molecule has 1 saturated heterocycles. The zero-order valence-electron chi connectivity index (χ0n) is 13.3. The zero-order chi connectivity index (χ0) is 16.1. The molecule has 0 bridgehead atoms. The van der Waals surface area contributed by atoms with E-state index in [1.807, 2.05) is 24.3 Å². The average Bonchev–Trinajstić information content (AvgIpc) is 2.96. The third kappa shape index (κ3) is 4.62. The third-order valence-corrected chi connectivity index (χ3v) is 4.36. The van der Waals surface area contributed by atoms with Crippen molar-refractivity contribution in [3.8, 4) is 0 Å². The molecular formula is C17H25ClN2O2. The number of hydrogen-bond donors (Lipinski definition) is 2. The van der Waals surface area contributed by atoms with Gasteiger partial charge in [-0.15, -0.1) is 0 Å². The number of nitrogens with zero attached hydrogens (tertiary/aromatic N) is 1. The Bertz CT molecular complexity index is 490. The Morgan fingerprint density at radius 2 is 2.09 bits per heavy atom. The van der Waals surface area contributed by atoms with Crippen LogP contribution in [0.3, 0.4) is 0 Å². The average molecular weight is 325 g/mol. The summed E-state index contributed by atoms with van der Waals surface area (Å²) in [6, 6.07) is 7.59. The van der Waals surface area contributed by atoms with Crippen LogP contribution in [0.2, 0.25) is 5.02 Å². The molecule has 2 atom stereocenters. The predicted molar refractivity (Wildman–Crippen MR) is 88.9 cm³/mol. The summed E-state index contributed by atoms with van der Waals surface area (Å²) >= 11 is 5.94. The monoisotopic (exact) mass is 324 g/mol. The Kier molecular flexibility index (Phi) is 6.09. The van der Waals surface area contributed by atoms with Crippen LogP contribution in [0.15, 0.2) is 24.3 Å². The third-order valence-electron chi connectivity index (χ3n) is 4.11. The van der Waals surface area contributed by atoms with E-state index in [0.29, 0.717) is 24.0 Å². The first kappa shape index (κ1) is 17.1. The van der Waals surface area contributed by atoms with Crippen molar-refractivity contribution >= 4 is 17.6 Å². The van der Waals surface area contributed by atoms with Crippen LogP contribution in [-0.4, -0.2) is 35.7 Å². The number of likely N-dealkylation sites (tertiary alicyclic amines) is 1. The van der Waals surface area contributed by atoms with Crippen LogP contribution < -0.4 is 5.32 Å². The second-order valence-corrected chi connectivity index (χ2v) is 6.90. The molecule has 1 aliphatic heterocycles. The molecule has 0 aromatic heterocycles. The number of rotatable bonds is 5. The molecule has 0 aliphatic carbocycles. The van der Waals surface area contributed by atoms with E-state index in [-0.39, 0.29) is 24.6 Å². The van der Waals surface area contributed by atoms with E-state index in [2.05, 4.69) is 19.2 Å². The van der Waals surface area contributed by atoms with Gasteiger partial charge in [0, 0.05) is 30.6 Å². The normalized spacial score (nSPS) is 19.5. The second-order valence-electron chi connectivity index (χ2n) is 6.47. The molecule has 1 aromatic rings. The van der Waals surface area contributed by atoms with E-state index >= 15 is 0 Å². The maximum absolute atomic E-state index is 12.4. The summed E-state index contributed by atoms with van der Waals surface area (Å²) < 4.78 is 0. The Hall–Kier alpha value is -1.26. The highest BCUT2D eigenvalue weighted by Gasteiger charge is 2.27. The molecule has 0 saturated carbocycles. The van der Waals surface area contributed by atoms with Crippen LogP contribution in [0.5, 0.6) is 0 Å². The van der Waals surface area contributed by atoms with Gasteiger partial charge in [-0.25, -0.2) is 4.79 Å². The van der Waals surface area contributed by atoms with Crippen LogP contribution in [0, 0.1) is 11.8 Å². The van der Waals surface area contributed by atoms with Crippen molar-refractivity contribution in [2.24, 2.45) is 11.8 Å². The van der Waals surface area contributed by atoms with Crippen LogP contribution in [0.4, 0.5) is 4.79 Å². The van der Waals surface area contributed by atoms with E-state index in [4.69, 9.17) is 11.6 Å². The van der Waals surface area contributed by atoms with Crippen molar-refractivity contribution in [1.29, 1.82) is 0 Å². The van der Waals surface area contributed by atoms with Gasteiger partial charge in [0.2, 0.25) is 0 Å². The number of halogens is 1. The molecule has 122 valence electrons. The van der Waals surface area contributed by atoms with E-state index < -0.39 is 0 Å². The predicted octanol–water partition coefficient (Wildman–Crippen LogP) is 3.45. The first-order valence-corrected chi connectivity index (χ1v) is 8.29. The quantitative estimate of drug-likeness (QED) is 0.871. The van der Waals surface area contributed by atoms with Gasteiger partial charge in [0.05, 0.1) is 6.04 Å². The number of aliphatic hydroxyl groups is 1. The number of aliphatic hydroxyl groups excluding tert-OH is 1. The number of carbonyl (C=O) groups is 1. The molecule has 5 heteroatoms. The van der Waals surface area contributed by atoms with Crippen molar-refractivity contribution in [2.45, 2.75) is 32.7 Å². The molecule has 2 N–H and O–H groups in total. The highest BCUT2D eigenvalue weighted by Crippen LogP contribution is 2.24. The Morgan fingerprint density at radius 1 is 1.41 bits per heavy atom. The lowest BCUT2D eigenvalue weighted by Gasteiger charge is -2.25. The number of amides is 2. The zero-order valence-corrected chi connectivity index (χ0v) is 14.0. The van der Waals surface area contributed by atoms with Gasteiger partial charge in [-0.1, -0.05) is 37.6 Å². The van der Waals surface area contributed by atoms with Gasteiger partial charge in [-0.3, -0.25) is 0 Å². The van der Waals surface area contributed by atoms with Crippen LogP contribution in [-0.2, 0) is 0 Å². The summed E-state index contributed by atoms with van der Waals surface area (Å²) in [5.41, 5.74) is 1.07. The number of hydrogen-bond acceptors (Lipinski definition) is 2. The summed E-state index contributed by atoms with van der Waals surface area (Å²) in [6.45, 7) is 5.79. The lowest BCUT2D eigenvalue weighted by Crippen LogP contribution is -2.41. The molecule has 2 amide bonds. The molecule has 2 rings (SSSR count). The highest BCUT2D eigenvalue weighted by atomic mass is 35.5. The van der Waals surface area contributed by atoms with Gasteiger partial charge < -0.3 is 15.3 Å². The Labute approximate surface area is 137 Å². The van der Waals surface area contributed by atoms with Gasteiger partial charge in [0.25, 0.3) is 0 Å². The molecule has 4 nitrogen and oxygen atoms in total. The van der Waals surface area contributed by atoms with Gasteiger partial charge in [0.1, 0.15) is 0 Å². The first-order chi connectivity index (χ1) is 10.5. The molecule has 1 aliphatic rings. The topological polar surface area (TPSA) is 52.6 Å². The molecule has 0 spiro atoms. The molecule has 0 radical (unpaired) electrons. The maximum atomic E-state index is 12.4. The van der Waals surface area contributed by atoms with Crippen LogP contribution >= 0.6 is 11.6 Å². The molecule has 1 fully saturated rings. The van der Waals surface area contributed by atoms with E-state index in [0.717, 1.165) is 18.4 Å². The van der Waals surface area contributed by atoms with Crippen molar-refractivity contribution in [3.05, 3.63) is 34.9 Å². The van der Waals surface area contributed by atoms with E-state index in [1.165, 1.54) is 0 Å². The SMILES string of the molecule is CC(C)CC(NC(=O)N1CCC(CO)C1)c1ccc(Cl)cc1. The fourth-order valence-corrected chi connectivity index (χ4v) is 2.98. The first-order valence-electron chi connectivity index (χ1n) is 7.91. The van der Waals surface area contributed by atoms with Gasteiger partial charge >= 0.3 is 6.03 Å². The van der Waals surface area contributed by atoms with Crippen molar-refractivity contribution in [2.75, 3.05) is 19.7 Å².